The topological polar surface area (TPSA) is 31.4 Å². The van der Waals surface area contributed by atoms with Crippen LogP contribution >= 0.6 is 11.6 Å². The second-order valence-electron chi connectivity index (χ2n) is 4.23. The normalized spacial score (nSPS) is 10.8. The fourth-order valence-electron chi connectivity index (χ4n) is 1.86. The fourth-order valence-corrected chi connectivity index (χ4v) is 2.08. The molecule has 4 heteroatoms. The minimum absolute atomic E-state index is 0.450. The lowest BCUT2D eigenvalue weighted by atomic mass is 10.1. The maximum absolute atomic E-state index is 5.97. The number of pyridine rings is 1. The van der Waals surface area contributed by atoms with Gasteiger partial charge in [-0.2, -0.15) is 0 Å². The average Bonchev–Trinajstić information content (AvgIpc) is 2.46. The van der Waals surface area contributed by atoms with Crippen molar-refractivity contribution in [1.29, 1.82) is 0 Å². The molecule has 3 nitrogen and oxygen atoms in total. The molecule has 1 heterocycles. The standard InChI is InChI=1S/C15H18ClNO2/c1-2-7-18-8-9-19-15-10-12(11-16)13-5-3-4-6-14(13)17-15/h3-6,10H,2,7-9,11H2,1H3. The molecule has 19 heavy (non-hydrogen) atoms. The summed E-state index contributed by atoms with van der Waals surface area (Å²) in [6.45, 7) is 3.94. The molecule has 2 rings (SSSR count). The first kappa shape index (κ1) is 14.1. The number of nitrogens with zero attached hydrogens (tertiary/aromatic N) is 1. The summed E-state index contributed by atoms with van der Waals surface area (Å²) in [5.74, 6) is 1.06. The van der Waals surface area contributed by atoms with Crippen LogP contribution in [0.3, 0.4) is 0 Å². The Kier molecular flexibility index (Phi) is 5.43. The first-order chi connectivity index (χ1) is 9.35. The molecule has 1 aromatic carbocycles. The van der Waals surface area contributed by atoms with E-state index in [1.165, 1.54) is 0 Å². The molecule has 0 N–H and O–H groups in total. The highest BCUT2D eigenvalue weighted by atomic mass is 35.5. The first-order valence-corrected chi connectivity index (χ1v) is 7.03. The highest BCUT2D eigenvalue weighted by Crippen LogP contribution is 2.23. The molecular formula is C15H18ClNO2. The third-order valence-electron chi connectivity index (χ3n) is 2.75. The van der Waals surface area contributed by atoms with E-state index in [9.17, 15) is 0 Å². The molecule has 0 unspecified atom stereocenters. The number of para-hydroxylation sites is 1. The molecule has 0 aliphatic carbocycles. The first-order valence-electron chi connectivity index (χ1n) is 6.50. The summed E-state index contributed by atoms with van der Waals surface area (Å²) < 4.78 is 11.0. The van der Waals surface area contributed by atoms with E-state index < -0.39 is 0 Å². The van der Waals surface area contributed by atoms with Crippen LogP contribution in [0.1, 0.15) is 18.9 Å². The van der Waals surface area contributed by atoms with Crippen LogP contribution in [0.4, 0.5) is 0 Å². The van der Waals surface area contributed by atoms with Crippen LogP contribution in [-0.4, -0.2) is 24.8 Å². The Morgan fingerprint density at radius 3 is 2.79 bits per heavy atom. The lowest BCUT2D eigenvalue weighted by molar-refractivity contribution is 0.0991. The molecule has 0 radical (unpaired) electrons. The highest BCUT2D eigenvalue weighted by Gasteiger charge is 2.05. The van der Waals surface area contributed by atoms with Crippen molar-refractivity contribution in [3.8, 4) is 5.88 Å². The third-order valence-corrected chi connectivity index (χ3v) is 3.04. The van der Waals surface area contributed by atoms with Crippen LogP contribution in [0.5, 0.6) is 5.88 Å². The highest BCUT2D eigenvalue weighted by molar-refractivity contribution is 6.18. The number of halogens is 1. The van der Waals surface area contributed by atoms with Gasteiger partial charge in [0.2, 0.25) is 5.88 Å². The van der Waals surface area contributed by atoms with Gasteiger partial charge >= 0.3 is 0 Å². The van der Waals surface area contributed by atoms with E-state index in [1.54, 1.807) is 0 Å². The molecule has 102 valence electrons. The summed E-state index contributed by atoms with van der Waals surface area (Å²) in [5, 5.41) is 1.08. The van der Waals surface area contributed by atoms with Crippen LogP contribution in [0.2, 0.25) is 0 Å². The molecule has 2 aromatic rings. The number of fused-ring (bicyclic) bond motifs is 1. The van der Waals surface area contributed by atoms with Crippen LogP contribution < -0.4 is 4.74 Å². The van der Waals surface area contributed by atoms with Crippen molar-refractivity contribution >= 4 is 22.5 Å². The van der Waals surface area contributed by atoms with E-state index in [1.807, 2.05) is 30.3 Å². The van der Waals surface area contributed by atoms with Gasteiger partial charge in [0.05, 0.1) is 12.1 Å². The summed E-state index contributed by atoms with van der Waals surface area (Å²) >= 11 is 5.97. The predicted octanol–water partition coefficient (Wildman–Crippen LogP) is 3.78. The number of rotatable bonds is 7. The maximum Gasteiger partial charge on any atom is 0.214 e. The third kappa shape index (κ3) is 3.82. The molecule has 0 atom stereocenters. The largest absolute Gasteiger partial charge is 0.475 e. The van der Waals surface area contributed by atoms with Gasteiger partial charge in [0.1, 0.15) is 6.61 Å². The predicted molar refractivity (Wildman–Crippen MR) is 77.9 cm³/mol. The lowest BCUT2D eigenvalue weighted by Crippen LogP contribution is -2.08. The van der Waals surface area contributed by atoms with E-state index in [-0.39, 0.29) is 0 Å². The molecular weight excluding hydrogens is 262 g/mol. The molecule has 0 bridgehead atoms. The van der Waals surface area contributed by atoms with Crippen molar-refractivity contribution in [2.24, 2.45) is 0 Å². The summed E-state index contributed by atoms with van der Waals surface area (Å²) in [6.07, 6.45) is 1.02. The number of alkyl halides is 1. The Hall–Kier alpha value is -1.32. The van der Waals surface area contributed by atoms with Crippen molar-refractivity contribution < 1.29 is 9.47 Å². The quantitative estimate of drug-likeness (QED) is 0.571. The second kappa shape index (κ2) is 7.31. The zero-order valence-corrected chi connectivity index (χ0v) is 11.8. The summed E-state index contributed by atoms with van der Waals surface area (Å²) in [5.41, 5.74) is 1.95. The molecule has 0 spiro atoms. The number of hydrogen-bond acceptors (Lipinski definition) is 3. The lowest BCUT2D eigenvalue weighted by Gasteiger charge is -2.09. The molecule has 1 aromatic heterocycles. The van der Waals surface area contributed by atoms with Crippen molar-refractivity contribution in [1.82, 2.24) is 4.98 Å². The van der Waals surface area contributed by atoms with Crippen molar-refractivity contribution in [3.05, 3.63) is 35.9 Å². The van der Waals surface area contributed by atoms with Gasteiger partial charge < -0.3 is 9.47 Å². The minimum Gasteiger partial charge on any atom is -0.475 e. The molecule has 0 fully saturated rings. The maximum atomic E-state index is 5.97. The van der Waals surface area contributed by atoms with Gasteiger partial charge in [-0.25, -0.2) is 4.98 Å². The van der Waals surface area contributed by atoms with E-state index in [0.717, 1.165) is 29.5 Å². The minimum atomic E-state index is 0.450. The number of ether oxygens (including phenoxy) is 2. The van der Waals surface area contributed by atoms with E-state index in [2.05, 4.69) is 11.9 Å². The van der Waals surface area contributed by atoms with Gasteiger partial charge in [-0.3, -0.25) is 0 Å². The Labute approximate surface area is 118 Å². The summed E-state index contributed by atoms with van der Waals surface area (Å²) in [4.78, 5) is 4.47. The molecule has 0 aliphatic rings. The van der Waals surface area contributed by atoms with Gasteiger partial charge in [-0.15, -0.1) is 11.6 Å². The summed E-state index contributed by atoms with van der Waals surface area (Å²) in [7, 11) is 0. The Morgan fingerprint density at radius 1 is 1.16 bits per heavy atom. The van der Waals surface area contributed by atoms with Crippen LogP contribution in [0.25, 0.3) is 10.9 Å². The van der Waals surface area contributed by atoms with Crippen molar-refractivity contribution in [2.45, 2.75) is 19.2 Å². The Bertz CT molecular complexity index is 531. The Balaban J connectivity index is 2.07. The van der Waals surface area contributed by atoms with Crippen molar-refractivity contribution in [3.63, 3.8) is 0 Å². The Morgan fingerprint density at radius 2 is 2.00 bits per heavy atom. The van der Waals surface area contributed by atoms with Gasteiger partial charge in [-0.1, -0.05) is 25.1 Å². The number of aromatic nitrogens is 1. The van der Waals surface area contributed by atoms with E-state index in [4.69, 9.17) is 21.1 Å². The van der Waals surface area contributed by atoms with E-state index in [0.29, 0.717) is 25.0 Å². The molecule has 0 saturated carbocycles. The average molecular weight is 280 g/mol. The number of hydrogen-bond donors (Lipinski definition) is 0. The van der Waals surface area contributed by atoms with Gasteiger partial charge in [-0.05, 0) is 18.1 Å². The van der Waals surface area contributed by atoms with Crippen LogP contribution in [0.15, 0.2) is 30.3 Å². The smallest absolute Gasteiger partial charge is 0.214 e. The van der Waals surface area contributed by atoms with Gasteiger partial charge in [0, 0.05) is 23.9 Å². The molecule has 0 aliphatic heterocycles. The molecule has 0 saturated heterocycles. The zero-order valence-electron chi connectivity index (χ0n) is 11.1. The summed E-state index contributed by atoms with van der Waals surface area (Å²) in [6, 6.07) is 9.83. The molecule has 0 amide bonds. The van der Waals surface area contributed by atoms with Crippen molar-refractivity contribution in [2.75, 3.05) is 19.8 Å². The number of benzene rings is 1. The van der Waals surface area contributed by atoms with E-state index >= 15 is 0 Å². The van der Waals surface area contributed by atoms with Gasteiger partial charge in [0.15, 0.2) is 0 Å². The zero-order chi connectivity index (χ0) is 13.5. The second-order valence-corrected chi connectivity index (χ2v) is 4.50. The van der Waals surface area contributed by atoms with Gasteiger partial charge in [0.25, 0.3) is 0 Å². The van der Waals surface area contributed by atoms with Crippen LogP contribution in [0, 0.1) is 0 Å². The SMILES string of the molecule is CCCOCCOc1cc(CCl)c2ccccc2n1. The monoisotopic (exact) mass is 279 g/mol. The van der Waals surface area contributed by atoms with Crippen LogP contribution in [-0.2, 0) is 10.6 Å². The fraction of sp³-hybridized carbons (Fsp3) is 0.400.